The van der Waals surface area contributed by atoms with Crippen molar-refractivity contribution in [1.29, 1.82) is 0 Å². The first-order valence-corrected chi connectivity index (χ1v) is 9.92. The summed E-state index contributed by atoms with van der Waals surface area (Å²) in [5.74, 6) is 0.203. The molecule has 5 nitrogen and oxygen atoms in total. The Kier molecular flexibility index (Phi) is 7.19. The number of aromatic nitrogens is 2. The number of nitrogens with one attached hydrogen (secondary N) is 1. The zero-order chi connectivity index (χ0) is 18.4. The molecule has 2 aromatic rings. The molecule has 2 rings (SSSR count). The topological polar surface area (TPSA) is 58.1 Å². The van der Waals surface area contributed by atoms with Crippen LogP contribution in [0.4, 0.5) is 9.52 Å². The van der Waals surface area contributed by atoms with Gasteiger partial charge in [-0.25, -0.2) is 4.39 Å². The number of nitrogens with zero attached hydrogens (tertiary/aromatic N) is 3. The van der Waals surface area contributed by atoms with Gasteiger partial charge in [-0.05, 0) is 45.4 Å². The standard InChI is InChI=1S/C17H23FN4OS2/c1-11(2)22(12(3)4)15(23)10-24-17-21-20-16(25-17)19-9-13-5-7-14(18)8-6-13/h5-8,11-12H,9-10H2,1-4H3,(H,19,20). The van der Waals surface area contributed by atoms with Crippen LogP contribution in [0.3, 0.4) is 0 Å². The summed E-state index contributed by atoms with van der Waals surface area (Å²) in [6, 6.07) is 6.66. The minimum Gasteiger partial charge on any atom is -0.356 e. The van der Waals surface area contributed by atoms with Crippen molar-refractivity contribution in [2.45, 2.75) is 50.7 Å². The first-order valence-electron chi connectivity index (χ1n) is 8.12. The van der Waals surface area contributed by atoms with Gasteiger partial charge in [0.1, 0.15) is 5.82 Å². The largest absolute Gasteiger partial charge is 0.356 e. The molecule has 0 aliphatic rings. The highest BCUT2D eigenvalue weighted by Crippen LogP contribution is 2.26. The summed E-state index contributed by atoms with van der Waals surface area (Å²) in [4.78, 5) is 14.2. The summed E-state index contributed by atoms with van der Waals surface area (Å²) in [5.41, 5.74) is 0.963. The Bertz CT molecular complexity index is 680. The van der Waals surface area contributed by atoms with Crippen LogP contribution >= 0.6 is 23.1 Å². The van der Waals surface area contributed by atoms with E-state index in [2.05, 4.69) is 15.5 Å². The molecule has 1 amide bonds. The van der Waals surface area contributed by atoms with E-state index in [9.17, 15) is 9.18 Å². The Morgan fingerprint density at radius 3 is 2.44 bits per heavy atom. The number of anilines is 1. The van der Waals surface area contributed by atoms with E-state index in [1.807, 2.05) is 32.6 Å². The van der Waals surface area contributed by atoms with Gasteiger partial charge < -0.3 is 10.2 Å². The van der Waals surface area contributed by atoms with Crippen LogP contribution in [0.5, 0.6) is 0 Å². The molecule has 0 aliphatic carbocycles. The van der Waals surface area contributed by atoms with E-state index in [1.165, 1.54) is 35.2 Å². The van der Waals surface area contributed by atoms with E-state index >= 15 is 0 Å². The summed E-state index contributed by atoms with van der Waals surface area (Å²) >= 11 is 2.81. The van der Waals surface area contributed by atoms with E-state index in [1.54, 1.807) is 12.1 Å². The van der Waals surface area contributed by atoms with E-state index < -0.39 is 0 Å². The highest BCUT2D eigenvalue weighted by Gasteiger charge is 2.20. The fraction of sp³-hybridized carbons (Fsp3) is 0.471. The Balaban J connectivity index is 1.84. The average molecular weight is 383 g/mol. The highest BCUT2D eigenvalue weighted by molar-refractivity contribution is 8.01. The van der Waals surface area contributed by atoms with Crippen LogP contribution in [-0.4, -0.2) is 38.8 Å². The molecule has 0 aliphatic heterocycles. The van der Waals surface area contributed by atoms with Crippen LogP contribution in [0.15, 0.2) is 28.6 Å². The number of halogens is 1. The van der Waals surface area contributed by atoms with Crippen molar-refractivity contribution in [3.05, 3.63) is 35.6 Å². The van der Waals surface area contributed by atoms with Gasteiger partial charge in [0, 0.05) is 18.6 Å². The van der Waals surface area contributed by atoms with Crippen molar-refractivity contribution in [2.75, 3.05) is 11.1 Å². The Labute approximate surface area is 156 Å². The number of rotatable bonds is 8. The molecule has 0 bridgehead atoms. The lowest BCUT2D eigenvalue weighted by Crippen LogP contribution is -2.43. The van der Waals surface area contributed by atoms with Crippen molar-refractivity contribution in [3.63, 3.8) is 0 Å². The molecule has 1 aromatic carbocycles. The lowest BCUT2D eigenvalue weighted by Gasteiger charge is -2.30. The molecule has 0 spiro atoms. The van der Waals surface area contributed by atoms with Crippen molar-refractivity contribution >= 4 is 34.1 Å². The summed E-state index contributed by atoms with van der Waals surface area (Å²) in [6.07, 6.45) is 0. The molecule has 1 heterocycles. The maximum atomic E-state index is 12.9. The van der Waals surface area contributed by atoms with Gasteiger partial charge in [0.2, 0.25) is 11.0 Å². The molecule has 8 heteroatoms. The number of hydrogen-bond donors (Lipinski definition) is 1. The Hall–Kier alpha value is -1.67. The smallest absolute Gasteiger partial charge is 0.233 e. The molecule has 0 fully saturated rings. The van der Waals surface area contributed by atoms with E-state index in [4.69, 9.17) is 0 Å². The number of benzene rings is 1. The van der Waals surface area contributed by atoms with Crippen LogP contribution in [0, 0.1) is 5.82 Å². The second-order valence-electron chi connectivity index (χ2n) is 6.13. The molecular weight excluding hydrogens is 359 g/mol. The average Bonchev–Trinajstić information content (AvgIpc) is 2.99. The summed E-state index contributed by atoms with van der Waals surface area (Å²) in [5, 5.41) is 12.0. The number of amides is 1. The van der Waals surface area contributed by atoms with Crippen molar-refractivity contribution in [2.24, 2.45) is 0 Å². The maximum Gasteiger partial charge on any atom is 0.233 e. The Morgan fingerprint density at radius 2 is 1.84 bits per heavy atom. The zero-order valence-corrected chi connectivity index (χ0v) is 16.5. The van der Waals surface area contributed by atoms with Gasteiger partial charge >= 0.3 is 0 Å². The minimum absolute atomic E-state index is 0.103. The van der Waals surface area contributed by atoms with E-state index in [0.29, 0.717) is 17.4 Å². The van der Waals surface area contributed by atoms with Gasteiger partial charge in [0.25, 0.3) is 0 Å². The van der Waals surface area contributed by atoms with Gasteiger partial charge in [-0.3, -0.25) is 4.79 Å². The van der Waals surface area contributed by atoms with Gasteiger partial charge in [-0.15, -0.1) is 10.2 Å². The van der Waals surface area contributed by atoms with Crippen molar-refractivity contribution < 1.29 is 9.18 Å². The van der Waals surface area contributed by atoms with Crippen molar-refractivity contribution in [3.8, 4) is 0 Å². The molecule has 0 unspecified atom stereocenters. The van der Waals surface area contributed by atoms with E-state index in [-0.39, 0.29) is 23.8 Å². The third-order valence-corrected chi connectivity index (χ3v) is 5.48. The second-order valence-corrected chi connectivity index (χ2v) is 8.33. The Morgan fingerprint density at radius 1 is 1.20 bits per heavy atom. The maximum absolute atomic E-state index is 12.9. The third kappa shape index (κ3) is 5.97. The number of carbonyl (C=O) groups excluding carboxylic acids is 1. The van der Waals surface area contributed by atoms with Crippen LogP contribution in [0.2, 0.25) is 0 Å². The zero-order valence-electron chi connectivity index (χ0n) is 14.8. The first-order chi connectivity index (χ1) is 11.9. The lowest BCUT2D eigenvalue weighted by atomic mass is 10.2. The quantitative estimate of drug-likeness (QED) is 0.699. The fourth-order valence-corrected chi connectivity index (χ4v) is 4.11. The molecule has 25 heavy (non-hydrogen) atoms. The van der Waals surface area contributed by atoms with Crippen LogP contribution in [0.25, 0.3) is 0 Å². The molecule has 0 saturated heterocycles. The number of carbonyl (C=O) groups is 1. The predicted molar refractivity (Wildman–Crippen MR) is 101 cm³/mol. The van der Waals surface area contributed by atoms with Gasteiger partial charge in [0.05, 0.1) is 5.75 Å². The van der Waals surface area contributed by atoms with Crippen LogP contribution in [0.1, 0.15) is 33.3 Å². The highest BCUT2D eigenvalue weighted by atomic mass is 32.2. The molecule has 0 saturated carbocycles. The summed E-state index contributed by atoms with van der Waals surface area (Å²) < 4.78 is 13.6. The molecule has 1 N–H and O–H groups in total. The normalized spacial score (nSPS) is 11.2. The lowest BCUT2D eigenvalue weighted by molar-refractivity contribution is -0.131. The third-order valence-electron chi connectivity index (χ3n) is 3.48. The number of thioether (sulfide) groups is 1. The summed E-state index contributed by atoms with van der Waals surface area (Å²) in [6.45, 7) is 8.62. The molecule has 0 radical (unpaired) electrons. The number of hydrogen-bond acceptors (Lipinski definition) is 6. The molecule has 136 valence electrons. The van der Waals surface area contributed by atoms with Crippen LogP contribution < -0.4 is 5.32 Å². The molecule has 0 atom stereocenters. The molecule has 1 aromatic heterocycles. The molecular formula is C17H23FN4OS2. The minimum atomic E-state index is -0.250. The first kappa shape index (κ1) is 19.7. The SMILES string of the molecule is CC(C)N(C(=O)CSc1nnc(NCc2ccc(F)cc2)s1)C(C)C. The van der Waals surface area contributed by atoms with E-state index in [0.717, 1.165) is 9.90 Å². The van der Waals surface area contributed by atoms with Gasteiger partial charge in [0.15, 0.2) is 4.34 Å². The van der Waals surface area contributed by atoms with Gasteiger partial charge in [-0.1, -0.05) is 35.2 Å². The second kappa shape index (κ2) is 9.15. The summed E-state index contributed by atoms with van der Waals surface area (Å²) in [7, 11) is 0. The van der Waals surface area contributed by atoms with Crippen molar-refractivity contribution in [1.82, 2.24) is 15.1 Å². The van der Waals surface area contributed by atoms with Gasteiger partial charge in [-0.2, -0.15) is 0 Å². The fourth-order valence-electron chi connectivity index (χ4n) is 2.49. The predicted octanol–water partition coefficient (Wildman–Crippen LogP) is 4.03. The monoisotopic (exact) mass is 382 g/mol. The van der Waals surface area contributed by atoms with Crippen LogP contribution in [-0.2, 0) is 11.3 Å².